The monoisotopic (exact) mass is 248 g/mol. The molecule has 0 saturated heterocycles. The molecule has 0 fully saturated rings. The van der Waals surface area contributed by atoms with Gasteiger partial charge < -0.3 is 10.2 Å². The van der Waals surface area contributed by atoms with Gasteiger partial charge in [-0.3, -0.25) is 0 Å². The van der Waals surface area contributed by atoms with Crippen LogP contribution in [0.4, 0.5) is 0 Å². The Morgan fingerprint density at radius 1 is 1.44 bits per heavy atom. The van der Waals surface area contributed by atoms with Gasteiger partial charge in [-0.25, -0.2) is 4.79 Å². The largest absolute Gasteiger partial charge is 0.479 e. The molecule has 98 valence electrons. The maximum atomic E-state index is 11.5. The summed E-state index contributed by atoms with van der Waals surface area (Å²) in [6.07, 6.45) is 1.56. The minimum absolute atomic E-state index is 0.301. The first-order valence-electron chi connectivity index (χ1n) is 6.42. The van der Waals surface area contributed by atoms with E-state index >= 15 is 0 Å². The van der Waals surface area contributed by atoms with E-state index in [4.69, 9.17) is 0 Å². The summed E-state index contributed by atoms with van der Waals surface area (Å²) in [6.45, 7) is 5.52. The molecule has 0 amide bonds. The van der Waals surface area contributed by atoms with Crippen LogP contribution in [0.2, 0.25) is 0 Å². The van der Waals surface area contributed by atoms with Crippen molar-refractivity contribution in [2.75, 3.05) is 0 Å². The SMILES string of the molecule is Cc1ccc2c(c1)C(C(O)(C(=O)O)C(C)C)CC2. The number of aliphatic hydroxyl groups is 1. The lowest BCUT2D eigenvalue weighted by molar-refractivity contribution is -0.167. The summed E-state index contributed by atoms with van der Waals surface area (Å²) in [5, 5.41) is 20.0. The van der Waals surface area contributed by atoms with Gasteiger partial charge in [-0.2, -0.15) is 0 Å². The first-order chi connectivity index (χ1) is 8.37. The first-order valence-corrected chi connectivity index (χ1v) is 6.42. The molecule has 0 heterocycles. The topological polar surface area (TPSA) is 57.5 Å². The van der Waals surface area contributed by atoms with Crippen molar-refractivity contribution in [3.8, 4) is 0 Å². The number of carboxylic acids is 1. The third-order valence-electron chi connectivity index (χ3n) is 4.13. The van der Waals surface area contributed by atoms with Gasteiger partial charge in [-0.1, -0.05) is 37.6 Å². The highest BCUT2D eigenvalue weighted by molar-refractivity contribution is 5.79. The van der Waals surface area contributed by atoms with Crippen molar-refractivity contribution in [2.45, 2.75) is 45.1 Å². The number of fused-ring (bicyclic) bond motifs is 1. The summed E-state index contributed by atoms with van der Waals surface area (Å²) >= 11 is 0. The fraction of sp³-hybridized carbons (Fsp3) is 0.533. The molecule has 1 aromatic rings. The average Bonchev–Trinajstić information content (AvgIpc) is 2.70. The van der Waals surface area contributed by atoms with E-state index in [0.717, 1.165) is 17.5 Å². The number of hydrogen-bond donors (Lipinski definition) is 2. The fourth-order valence-corrected chi connectivity index (χ4v) is 2.98. The molecule has 18 heavy (non-hydrogen) atoms. The van der Waals surface area contributed by atoms with Gasteiger partial charge in [0, 0.05) is 5.92 Å². The van der Waals surface area contributed by atoms with Crippen molar-refractivity contribution in [2.24, 2.45) is 5.92 Å². The van der Waals surface area contributed by atoms with Gasteiger partial charge in [0.15, 0.2) is 5.60 Å². The number of aryl methyl sites for hydroxylation is 2. The Labute approximate surface area is 107 Å². The molecule has 2 rings (SSSR count). The fourth-order valence-electron chi connectivity index (χ4n) is 2.98. The van der Waals surface area contributed by atoms with Crippen molar-refractivity contribution >= 4 is 5.97 Å². The zero-order valence-corrected chi connectivity index (χ0v) is 11.1. The van der Waals surface area contributed by atoms with Crippen LogP contribution in [0.15, 0.2) is 18.2 Å². The summed E-state index contributed by atoms with van der Waals surface area (Å²) < 4.78 is 0. The number of carboxylic acid groups (broad SMARTS) is 1. The van der Waals surface area contributed by atoms with Gasteiger partial charge in [0.25, 0.3) is 0 Å². The van der Waals surface area contributed by atoms with Gasteiger partial charge in [0.05, 0.1) is 0 Å². The van der Waals surface area contributed by atoms with E-state index in [1.54, 1.807) is 13.8 Å². The van der Waals surface area contributed by atoms with Crippen molar-refractivity contribution < 1.29 is 15.0 Å². The quantitative estimate of drug-likeness (QED) is 0.864. The van der Waals surface area contributed by atoms with Crippen molar-refractivity contribution in [1.29, 1.82) is 0 Å². The summed E-state index contributed by atoms with van der Waals surface area (Å²) in [5.74, 6) is -1.73. The highest BCUT2D eigenvalue weighted by atomic mass is 16.4. The standard InChI is InChI=1S/C15H20O3/c1-9(2)15(18,14(16)17)13-7-6-11-5-4-10(3)8-12(11)13/h4-5,8-9,13,18H,6-7H2,1-3H3,(H,16,17). The smallest absolute Gasteiger partial charge is 0.336 e. The Morgan fingerprint density at radius 2 is 2.11 bits per heavy atom. The minimum atomic E-state index is -1.67. The molecule has 2 atom stereocenters. The zero-order chi connectivity index (χ0) is 13.5. The summed E-state index contributed by atoms with van der Waals surface area (Å²) in [7, 11) is 0. The van der Waals surface area contributed by atoms with E-state index in [2.05, 4.69) is 0 Å². The van der Waals surface area contributed by atoms with Crippen LogP contribution in [0, 0.1) is 12.8 Å². The van der Waals surface area contributed by atoms with E-state index < -0.39 is 11.6 Å². The molecule has 1 aromatic carbocycles. The molecule has 2 unspecified atom stereocenters. The van der Waals surface area contributed by atoms with E-state index in [9.17, 15) is 15.0 Å². The lowest BCUT2D eigenvalue weighted by atomic mass is 9.75. The molecular weight excluding hydrogens is 228 g/mol. The summed E-state index contributed by atoms with van der Waals surface area (Å²) in [6, 6.07) is 6.10. The van der Waals surface area contributed by atoms with Crippen molar-refractivity contribution in [3.63, 3.8) is 0 Å². The van der Waals surface area contributed by atoms with Crippen LogP contribution in [-0.2, 0) is 11.2 Å². The number of benzene rings is 1. The maximum Gasteiger partial charge on any atom is 0.336 e. The number of rotatable bonds is 3. The predicted octanol–water partition coefficient (Wildman–Crippen LogP) is 2.50. The summed E-state index contributed by atoms with van der Waals surface area (Å²) in [5.41, 5.74) is 1.62. The lowest BCUT2D eigenvalue weighted by Gasteiger charge is -2.34. The Morgan fingerprint density at radius 3 is 2.67 bits per heavy atom. The second-order valence-electron chi connectivity index (χ2n) is 5.58. The molecule has 1 aliphatic rings. The molecule has 0 saturated carbocycles. The van der Waals surface area contributed by atoms with Gasteiger partial charge in [-0.15, -0.1) is 0 Å². The van der Waals surface area contributed by atoms with Crippen LogP contribution < -0.4 is 0 Å². The van der Waals surface area contributed by atoms with Gasteiger partial charge in [-0.05, 0) is 36.8 Å². The molecule has 0 aliphatic heterocycles. The van der Waals surface area contributed by atoms with E-state index in [0.29, 0.717) is 6.42 Å². The molecule has 3 nitrogen and oxygen atoms in total. The normalized spacial score (nSPS) is 21.7. The number of carbonyl (C=O) groups is 1. The van der Waals surface area contributed by atoms with Crippen LogP contribution in [0.25, 0.3) is 0 Å². The lowest BCUT2D eigenvalue weighted by Crippen LogP contribution is -2.48. The molecule has 1 aliphatic carbocycles. The average molecular weight is 248 g/mol. The van der Waals surface area contributed by atoms with Gasteiger partial charge in [0.1, 0.15) is 0 Å². The second-order valence-corrected chi connectivity index (χ2v) is 5.58. The number of hydrogen-bond acceptors (Lipinski definition) is 2. The molecule has 0 radical (unpaired) electrons. The Hall–Kier alpha value is -1.35. The Kier molecular flexibility index (Phi) is 3.20. The van der Waals surface area contributed by atoms with Gasteiger partial charge >= 0.3 is 5.97 Å². The van der Waals surface area contributed by atoms with Crippen LogP contribution >= 0.6 is 0 Å². The van der Waals surface area contributed by atoms with Crippen LogP contribution in [-0.4, -0.2) is 21.8 Å². The van der Waals surface area contributed by atoms with E-state index in [1.807, 2.05) is 25.1 Å². The van der Waals surface area contributed by atoms with Crippen LogP contribution in [0.1, 0.15) is 42.9 Å². The molecule has 0 spiro atoms. The minimum Gasteiger partial charge on any atom is -0.479 e. The van der Waals surface area contributed by atoms with E-state index in [-0.39, 0.29) is 11.8 Å². The molecular formula is C15H20O3. The third kappa shape index (κ3) is 1.83. The number of aliphatic carboxylic acids is 1. The van der Waals surface area contributed by atoms with Crippen LogP contribution in [0.3, 0.4) is 0 Å². The predicted molar refractivity (Wildman–Crippen MR) is 69.7 cm³/mol. The maximum absolute atomic E-state index is 11.5. The first kappa shape index (κ1) is 13.1. The molecule has 3 heteroatoms. The van der Waals surface area contributed by atoms with Crippen molar-refractivity contribution in [3.05, 3.63) is 34.9 Å². The van der Waals surface area contributed by atoms with E-state index in [1.165, 1.54) is 5.56 Å². The molecule has 0 aromatic heterocycles. The molecule has 0 bridgehead atoms. The highest BCUT2D eigenvalue weighted by Gasteiger charge is 2.49. The highest BCUT2D eigenvalue weighted by Crippen LogP contribution is 2.44. The van der Waals surface area contributed by atoms with Crippen molar-refractivity contribution in [1.82, 2.24) is 0 Å². The Bertz CT molecular complexity index is 479. The molecule has 2 N–H and O–H groups in total. The van der Waals surface area contributed by atoms with Gasteiger partial charge in [0.2, 0.25) is 0 Å². The second kappa shape index (κ2) is 4.39. The van der Waals surface area contributed by atoms with Crippen LogP contribution in [0.5, 0.6) is 0 Å². The third-order valence-corrected chi connectivity index (χ3v) is 4.13. The summed E-state index contributed by atoms with van der Waals surface area (Å²) in [4.78, 5) is 11.5. The zero-order valence-electron chi connectivity index (χ0n) is 11.1. The Balaban J connectivity index is 2.49.